The van der Waals surface area contributed by atoms with E-state index in [1.54, 1.807) is 25.3 Å². The Morgan fingerprint density at radius 3 is 2.65 bits per heavy atom. The topological polar surface area (TPSA) is 50.8 Å². The zero-order valence-electron chi connectivity index (χ0n) is 12.3. The highest BCUT2D eigenvalue weighted by atomic mass is 35.5. The number of anilines is 1. The number of carbonyl (C=O) groups excluding carboxylic acids is 1. The third-order valence-corrected chi connectivity index (χ3v) is 3.19. The van der Waals surface area contributed by atoms with Crippen LogP contribution in [0, 0.1) is 0 Å². The van der Waals surface area contributed by atoms with Crippen molar-refractivity contribution in [3.8, 4) is 5.75 Å². The minimum absolute atomic E-state index is 0.0841. The van der Waals surface area contributed by atoms with E-state index in [0.717, 1.165) is 0 Å². The van der Waals surface area contributed by atoms with Crippen LogP contribution in [0.15, 0.2) is 18.2 Å². The first-order valence-corrected chi connectivity index (χ1v) is 6.72. The molecule has 0 radical (unpaired) electrons. The van der Waals surface area contributed by atoms with Crippen LogP contribution in [0.3, 0.4) is 0 Å². The smallest absolute Gasteiger partial charge is 0.241 e. The van der Waals surface area contributed by atoms with Gasteiger partial charge in [0.25, 0.3) is 0 Å². The number of likely N-dealkylation sites (N-methyl/N-ethyl adjacent to an activating group) is 1. The zero-order valence-corrected chi connectivity index (χ0v) is 13.0. The lowest BCUT2D eigenvalue weighted by molar-refractivity contribution is -0.119. The third kappa shape index (κ3) is 5.00. The summed E-state index contributed by atoms with van der Waals surface area (Å²) in [5.74, 6) is 0.487. The largest absolute Gasteiger partial charge is 0.490 e. The van der Waals surface area contributed by atoms with Crippen molar-refractivity contribution in [2.45, 2.75) is 13.0 Å². The minimum Gasteiger partial charge on any atom is -0.490 e. The van der Waals surface area contributed by atoms with Gasteiger partial charge in [-0.25, -0.2) is 0 Å². The van der Waals surface area contributed by atoms with Gasteiger partial charge in [0.15, 0.2) is 0 Å². The summed E-state index contributed by atoms with van der Waals surface area (Å²) in [5.41, 5.74) is 0.646. The van der Waals surface area contributed by atoms with Crippen LogP contribution in [0.25, 0.3) is 0 Å². The molecule has 0 saturated carbocycles. The molecule has 0 aliphatic rings. The molecule has 0 bridgehead atoms. The summed E-state index contributed by atoms with van der Waals surface area (Å²) in [5, 5.41) is 3.27. The van der Waals surface area contributed by atoms with Crippen LogP contribution in [0.2, 0.25) is 5.02 Å². The van der Waals surface area contributed by atoms with Gasteiger partial charge < -0.3 is 14.8 Å². The van der Waals surface area contributed by atoms with Crippen molar-refractivity contribution in [3.63, 3.8) is 0 Å². The maximum atomic E-state index is 11.9. The maximum Gasteiger partial charge on any atom is 0.241 e. The van der Waals surface area contributed by atoms with Gasteiger partial charge in [-0.05, 0) is 39.2 Å². The first-order valence-electron chi connectivity index (χ1n) is 6.34. The summed E-state index contributed by atoms with van der Waals surface area (Å²) in [6.07, 6.45) is 0. The number of nitrogens with zero attached hydrogens (tertiary/aromatic N) is 1. The molecule has 20 heavy (non-hydrogen) atoms. The number of amides is 1. The van der Waals surface area contributed by atoms with Gasteiger partial charge in [0.1, 0.15) is 12.4 Å². The molecule has 5 nitrogen and oxygen atoms in total. The number of halogens is 1. The van der Waals surface area contributed by atoms with Gasteiger partial charge in [0.2, 0.25) is 5.91 Å². The molecule has 1 atom stereocenters. The summed E-state index contributed by atoms with van der Waals surface area (Å²) in [6, 6.07) is 4.94. The quantitative estimate of drug-likeness (QED) is 0.785. The highest BCUT2D eigenvalue weighted by Gasteiger charge is 2.15. The average Bonchev–Trinajstić information content (AvgIpc) is 2.40. The van der Waals surface area contributed by atoms with Gasteiger partial charge in [0, 0.05) is 12.8 Å². The van der Waals surface area contributed by atoms with E-state index in [-0.39, 0.29) is 11.9 Å². The SMILES string of the molecule is COCCOc1ccc(NC(=O)[C@H](C)N(C)C)cc1Cl. The van der Waals surface area contributed by atoms with Crippen LogP contribution in [-0.2, 0) is 9.53 Å². The lowest BCUT2D eigenvalue weighted by Crippen LogP contribution is -2.37. The summed E-state index contributed by atoms with van der Waals surface area (Å²) >= 11 is 6.11. The van der Waals surface area contributed by atoms with Gasteiger partial charge in [-0.2, -0.15) is 0 Å². The number of nitrogens with one attached hydrogen (secondary N) is 1. The van der Waals surface area contributed by atoms with Crippen LogP contribution >= 0.6 is 11.6 Å². The van der Waals surface area contributed by atoms with E-state index in [9.17, 15) is 4.79 Å². The maximum absolute atomic E-state index is 11.9. The molecule has 0 fully saturated rings. The van der Waals surface area contributed by atoms with Gasteiger partial charge in [-0.3, -0.25) is 9.69 Å². The number of ether oxygens (including phenoxy) is 2. The van der Waals surface area contributed by atoms with Crippen LogP contribution in [-0.4, -0.2) is 51.3 Å². The van der Waals surface area contributed by atoms with Crippen molar-refractivity contribution in [2.75, 3.05) is 39.7 Å². The second-order valence-corrected chi connectivity index (χ2v) is 5.02. The number of carbonyl (C=O) groups is 1. The summed E-state index contributed by atoms with van der Waals surface area (Å²) in [7, 11) is 5.31. The van der Waals surface area contributed by atoms with Crippen molar-refractivity contribution in [1.82, 2.24) is 4.90 Å². The first kappa shape index (κ1) is 16.8. The summed E-state index contributed by atoms with van der Waals surface area (Å²) < 4.78 is 10.3. The van der Waals surface area contributed by atoms with Crippen LogP contribution in [0.1, 0.15) is 6.92 Å². The summed E-state index contributed by atoms with van der Waals surface area (Å²) in [4.78, 5) is 13.7. The molecule has 1 rings (SSSR count). The fourth-order valence-electron chi connectivity index (χ4n) is 1.41. The van der Waals surface area contributed by atoms with E-state index in [2.05, 4.69) is 5.32 Å². The zero-order chi connectivity index (χ0) is 15.1. The molecule has 112 valence electrons. The highest BCUT2D eigenvalue weighted by molar-refractivity contribution is 6.32. The fraction of sp³-hybridized carbons (Fsp3) is 0.500. The Morgan fingerprint density at radius 2 is 2.10 bits per heavy atom. The molecule has 1 aromatic rings. The molecule has 0 aromatic heterocycles. The van der Waals surface area contributed by atoms with Crippen molar-refractivity contribution in [2.24, 2.45) is 0 Å². The van der Waals surface area contributed by atoms with Crippen molar-refractivity contribution < 1.29 is 14.3 Å². The van der Waals surface area contributed by atoms with Crippen LogP contribution in [0.5, 0.6) is 5.75 Å². The normalized spacial score (nSPS) is 12.3. The van der Waals surface area contributed by atoms with E-state index in [1.807, 2.05) is 25.9 Å². The number of hydrogen-bond donors (Lipinski definition) is 1. The Hall–Kier alpha value is -1.30. The van der Waals surface area contributed by atoms with Crippen molar-refractivity contribution >= 4 is 23.2 Å². The molecule has 0 saturated heterocycles. The number of methoxy groups -OCH3 is 1. The van der Waals surface area contributed by atoms with Crippen LogP contribution < -0.4 is 10.1 Å². The molecular weight excluding hydrogens is 280 g/mol. The van der Waals surface area contributed by atoms with Gasteiger partial charge >= 0.3 is 0 Å². The molecule has 0 unspecified atom stereocenters. The second kappa shape index (κ2) is 8.09. The fourth-order valence-corrected chi connectivity index (χ4v) is 1.65. The Kier molecular flexibility index (Phi) is 6.78. The predicted octanol–water partition coefficient (Wildman–Crippen LogP) is 2.25. The Morgan fingerprint density at radius 1 is 1.40 bits per heavy atom. The second-order valence-electron chi connectivity index (χ2n) is 4.62. The van der Waals surface area contributed by atoms with Gasteiger partial charge in [0.05, 0.1) is 17.7 Å². The lowest BCUT2D eigenvalue weighted by atomic mass is 10.2. The van der Waals surface area contributed by atoms with Gasteiger partial charge in [-0.15, -0.1) is 0 Å². The first-order chi connectivity index (χ1) is 9.45. The standard InChI is InChI=1S/C14H21ClN2O3/c1-10(17(2)3)14(18)16-11-5-6-13(12(15)9-11)20-8-7-19-4/h5-6,9-10H,7-8H2,1-4H3,(H,16,18)/t10-/m0/s1. The molecule has 0 heterocycles. The Balaban J connectivity index is 2.65. The average molecular weight is 301 g/mol. The molecule has 0 aliphatic carbocycles. The van der Waals surface area contributed by atoms with E-state index >= 15 is 0 Å². The highest BCUT2D eigenvalue weighted by Crippen LogP contribution is 2.27. The van der Waals surface area contributed by atoms with Crippen molar-refractivity contribution in [3.05, 3.63) is 23.2 Å². The number of rotatable bonds is 7. The molecule has 1 N–H and O–H groups in total. The molecule has 0 spiro atoms. The predicted molar refractivity (Wildman–Crippen MR) is 80.6 cm³/mol. The molecule has 1 aromatic carbocycles. The van der Waals surface area contributed by atoms with E-state index in [4.69, 9.17) is 21.1 Å². The van der Waals surface area contributed by atoms with Crippen LogP contribution in [0.4, 0.5) is 5.69 Å². The Bertz CT molecular complexity index is 452. The minimum atomic E-state index is -0.216. The number of benzene rings is 1. The van der Waals surface area contributed by atoms with E-state index < -0.39 is 0 Å². The number of hydrogen-bond acceptors (Lipinski definition) is 4. The Labute approximate surface area is 124 Å². The monoisotopic (exact) mass is 300 g/mol. The molecular formula is C14H21ClN2O3. The molecule has 1 amide bonds. The van der Waals surface area contributed by atoms with E-state index in [1.165, 1.54) is 0 Å². The molecule has 6 heteroatoms. The van der Waals surface area contributed by atoms with Crippen molar-refractivity contribution in [1.29, 1.82) is 0 Å². The third-order valence-electron chi connectivity index (χ3n) is 2.90. The summed E-state index contributed by atoms with van der Waals surface area (Å²) in [6.45, 7) is 2.76. The molecule has 0 aliphatic heterocycles. The van der Waals surface area contributed by atoms with Gasteiger partial charge in [-0.1, -0.05) is 11.6 Å². The lowest BCUT2D eigenvalue weighted by Gasteiger charge is -2.19. The van der Waals surface area contributed by atoms with E-state index in [0.29, 0.717) is 29.7 Å².